The van der Waals surface area contributed by atoms with Gasteiger partial charge in [0.25, 0.3) is 0 Å². The molecule has 128 valence electrons. The van der Waals surface area contributed by atoms with E-state index >= 15 is 0 Å². The summed E-state index contributed by atoms with van der Waals surface area (Å²) in [7, 11) is -3.37. The van der Waals surface area contributed by atoms with Crippen LogP contribution in [0, 0.1) is 0 Å². The molecule has 2 rings (SSSR count). The smallest absolute Gasteiger partial charge is 0.241 e. The van der Waals surface area contributed by atoms with Gasteiger partial charge in [0.05, 0.1) is 6.61 Å². The third kappa shape index (κ3) is 4.47. The van der Waals surface area contributed by atoms with Gasteiger partial charge in [-0.2, -0.15) is 0 Å². The summed E-state index contributed by atoms with van der Waals surface area (Å²) in [6.45, 7) is 6.00. The Hall–Kier alpha value is -1.56. The largest absolute Gasteiger partial charge is 0.494 e. The van der Waals surface area contributed by atoms with Crippen molar-refractivity contribution >= 4 is 15.7 Å². The monoisotopic (exact) mass is 339 g/mol. The molecule has 0 bridgehead atoms. The highest BCUT2D eigenvalue weighted by Crippen LogP contribution is 2.30. The molecule has 1 fully saturated rings. The molecule has 0 saturated heterocycles. The molecule has 0 aromatic heterocycles. The molecular weight excluding hydrogens is 314 g/mol. The Morgan fingerprint density at radius 1 is 1.35 bits per heavy atom. The zero-order valence-corrected chi connectivity index (χ0v) is 14.8. The van der Waals surface area contributed by atoms with Crippen molar-refractivity contribution in [2.75, 3.05) is 12.4 Å². The lowest BCUT2D eigenvalue weighted by atomic mass is 10.2. The molecule has 0 radical (unpaired) electrons. The molecule has 1 amide bonds. The van der Waals surface area contributed by atoms with E-state index in [9.17, 15) is 13.2 Å². The highest BCUT2D eigenvalue weighted by atomic mass is 32.2. The van der Waals surface area contributed by atoms with E-state index < -0.39 is 15.1 Å². The second-order valence-corrected chi connectivity index (χ2v) is 8.48. The predicted molar refractivity (Wildman–Crippen MR) is 90.1 cm³/mol. The molecule has 1 aliphatic rings. The first-order valence-electron chi connectivity index (χ1n) is 8.12. The molecule has 1 aromatic carbocycles. The van der Waals surface area contributed by atoms with Crippen molar-refractivity contribution in [2.45, 2.75) is 51.4 Å². The summed E-state index contributed by atoms with van der Waals surface area (Å²) in [5.74, 6) is 0.455. The van der Waals surface area contributed by atoms with Crippen LogP contribution in [0.3, 0.4) is 0 Å². The molecule has 6 heteroatoms. The van der Waals surface area contributed by atoms with Crippen molar-refractivity contribution in [3.05, 3.63) is 29.8 Å². The molecule has 0 heterocycles. The topological polar surface area (TPSA) is 63.7 Å². The quantitative estimate of drug-likeness (QED) is 0.729. The van der Waals surface area contributed by atoms with Gasteiger partial charge in [-0.05, 0) is 44.4 Å². The van der Waals surface area contributed by atoms with Crippen molar-refractivity contribution in [1.82, 2.24) is 4.90 Å². The van der Waals surface area contributed by atoms with Crippen LogP contribution in [0.4, 0.5) is 0 Å². The summed E-state index contributed by atoms with van der Waals surface area (Å²) in [4.78, 5) is 14.4. The van der Waals surface area contributed by atoms with E-state index in [0.717, 1.165) is 24.2 Å². The number of carbonyl (C=O) groups is 1. The highest BCUT2D eigenvalue weighted by molar-refractivity contribution is 7.92. The van der Waals surface area contributed by atoms with E-state index in [-0.39, 0.29) is 17.7 Å². The summed E-state index contributed by atoms with van der Waals surface area (Å²) in [6, 6.07) is 7.77. The molecule has 23 heavy (non-hydrogen) atoms. The second kappa shape index (κ2) is 7.34. The normalized spacial score (nSPS) is 16.0. The molecular formula is C17H25NO4S. The van der Waals surface area contributed by atoms with E-state index in [1.807, 2.05) is 31.2 Å². The van der Waals surface area contributed by atoms with Gasteiger partial charge in [-0.15, -0.1) is 0 Å². The lowest BCUT2D eigenvalue weighted by molar-refractivity contribution is -0.131. The van der Waals surface area contributed by atoms with Gasteiger partial charge in [-0.1, -0.05) is 19.1 Å². The fourth-order valence-electron chi connectivity index (χ4n) is 2.51. The summed E-state index contributed by atoms with van der Waals surface area (Å²) in [6.07, 6.45) is 1.88. The van der Waals surface area contributed by atoms with Crippen LogP contribution in [-0.2, 0) is 21.2 Å². The number of hydrogen-bond donors (Lipinski definition) is 0. The Bertz CT molecular complexity index is 652. The molecule has 1 saturated carbocycles. The van der Waals surface area contributed by atoms with Crippen molar-refractivity contribution in [3.63, 3.8) is 0 Å². The van der Waals surface area contributed by atoms with Crippen LogP contribution < -0.4 is 4.74 Å². The minimum absolute atomic E-state index is 0.0156. The van der Waals surface area contributed by atoms with Crippen molar-refractivity contribution in [3.8, 4) is 5.75 Å². The van der Waals surface area contributed by atoms with Crippen LogP contribution in [0.1, 0.15) is 39.2 Å². The SMILES string of the molecule is CCOc1cccc(CN(C(=O)[C@@H](C)S(=O)(=O)CC)C2CC2)c1. The van der Waals surface area contributed by atoms with E-state index in [0.29, 0.717) is 13.2 Å². The molecule has 0 N–H and O–H groups in total. The maximum atomic E-state index is 12.7. The molecule has 5 nitrogen and oxygen atoms in total. The molecule has 1 aromatic rings. The molecule has 1 aliphatic carbocycles. The van der Waals surface area contributed by atoms with Gasteiger partial charge in [0, 0.05) is 18.3 Å². The third-order valence-corrected chi connectivity index (χ3v) is 6.21. The standard InChI is InChI=1S/C17H25NO4S/c1-4-22-16-8-6-7-14(11-16)12-18(15-9-10-15)17(19)13(3)23(20,21)5-2/h6-8,11,13,15H,4-5,9-10,12H2,1-3H3/t13-/m1/s1. The van der Waals surface area contributed by atoms with Crippen LogP contribution in [0.5, 0.6) is 5.75 Å². The lowest BCUT2D eigenvalue weighted by Crippen LogP contribution is -2.42. The Morgan fingerprint density at radius 3 is 2.61 bits per heavy atom. The summed E-state index contributed by atoms with van der Waals surface area (Å²) >= 11 is 0. The molecule has 0 spiro atoms. The molecule has 0 unspecified atom stereocenters. The number of amides is 1. The lowest BCUT2D eigenvalue weighted by Gasteiger charge is -2.26. The van der Waals surface area contributed by atoms with Gasteiger partial charge >= 0.3 is 0 Å². The maximum Gasteiger partial charge on any atom is 0.241 e. The van der Waals surface area contributed by atoms with Crippen LogP contribution in [0.15, 0.2) is 24.3 Å². The average molecular weight is 339 g/mol. The van der Waals surface area contributed by atoms with Crippen molar-refractivity contribution in [2.24, 2.45) is 0 Å². The van der Waals surface area contributed by atoms with Gasteiger partial charge in [-0.3, -0.25) is 4.79 Å². The Balaban J connectivity index is 2.16. The number of hydrogen-bond acceptors (Lipinski definition) is 4. The Kier molecular flexibility index (Phi) is 5.68. The van der Waals surface area contributed by atoms with Gasteiger partial charge in [-0.25, -0.2) is 8.42 Å². The fourth-order valence-corrected chi connectivity index (χ4v) is 3.45. The predicted octanol–water partition coefficient (Wildman–Crippen LogP) is 2.40. The van der Waals surface area contributed by atoms with Crippen molar-refractivity contribution in [1.29, 1.82) is 0 Å². The highest BCUT2D eigenvalue weighted by Gasteiger charge is 2.38. The van der Waals surface area contributed by atoms with Crippen LogP contribution in [0.2, 0.25) is 0 Å². The first-order valence-corrected chi connectivity index (χ1v) is 9.84. The van der Waals surface area contributed by atoms with Crippen molar-refractivity contribution < 1.29 is 17.9 Å². The zero-order chi connectivity index (χ0) is 17.0. The van der Waals surface area contributed by atoms with Crippen LogP contribution in [0.25, 0.3) is 0 Å². The van der Waals surface area contributed by atoms with Gasteiger partial charge in [0.2, 0.25) is 5.91 Å². The first kappa shape index (κ1) is 17.8. The van der Waals surface area contributed by atoms with Crippen LogP contribution in [-0.4, -0.2) is 42.9 Å². The number of nitrogens with zero attached hydrogens (tertiary/aromatic N) is 1. The zero-order valence-electron chi connectivity index (χ0n) is 14.0. The number of rotatable bonds is 8. The number of sulfone groups is 1. The van der Waals surface area contributed by atoms with E-state index in [1.165, 1.54) is 6.92 Å². The molecule has 1 atom stereocenters. The Morgan fingerprint density at radius 2 is 2.04 bits per heavy atom. The number of ether oxygens (including phenoxy) is 1. The summed E-state index contributed by atoms with van der Waals surface area (Å²) in [5, 5.41) is -0.983. The van der Waals surface area contributed by atoms with Gasteiger partial charge < -0.3 is 9.64 Å². The summed E-state index contributed by atoms with van der Waals surface area (Å²) in [5.41, 5.74) is 0.956. The minimum atomic E-state index is -3.37. The van der Waals surface area contributed by atoms with E-state index in [4.69, 9.17) is 4.74 Å². The van der Waals surface area contributed by atoms with E-state index in [2.05, 4.69) is 0 Å². The van der Waals surface area contributed by atoms with Gasteiger partial charge in [0.15, 0.2) is 9.84 Å². The Labute approximate surface area is 138 Å². The fraction of sp³-hybridized carbons (Fsp3) is 0.588. The third-order valence-electron chi connectivity index (χ3n) is 4.12. The average Bonchev–Trinajstić information content (AvgIpc) is 3.36. The van der Waals surface area contributed by atoms with Gasteiger partial charge in [0.1, 0.15) is 11.0 Å². The maximum absolute atomic E-state index is 12.7. The van der Waals surface area contributed by atoms with E-state index in [1.54, 1.807) is 11.8 Å². The molecule has 0 aliphatic heterocycles. The number of benzene rings is 1. The second-order valence-electron chi connectivity index (χ2n) is 5.87. The number of carbonyl (C=O) groups excluding carboxylic acids is 1. The summed E-state index contributed by atoms with van der Waals surface area (Å²) < 4.78 is 29.5. The first-order chi connectivity index (χ1) is 10.9. The minimum Gasteiger partial charge on any atom is -0.494 e. The van der Waals surface area contributed by atoms with Crippen LogP contribution >= 0.6 is 0 Å².